The number of benzene rings is 3. The van der Waals surface area contributed by atoms with E-state index >= 15 is 0 Å². The Hall–Kier alpha value is -2.08. The van der Waals surface area contributed by atoms with Crippen molar-refractivity contribution in [2.75, 3.05) is 49.1 Å². The predicted octanol–water partition coefficient (Wildman–Crippen LogP) is 6.37. The van der Waals surface area contributed by atoms with Gasteiger partial charge in [0.25, 0.3) is 5.91 Å². The van der Waals surface area contributed by atoms with E-state index in [1.807, 2.05) is 17.0 Å². The third kappa shape index (κ3) is 5.21. The van der Waals surface area contributed by atoms with E-state index in [-0.39, 0.29) is 18.3 Å². The molecule has 5 rings (SSSR count). The summed E-state index contributed by atoms with van der Waals surface area (Å²) in [4.78, 5) is 19.9. The lowest BCUT2D eigenvalue weighted by Crippen LogP contribution is -2.46. The Morgan fingerprint density at radius 1 is 0.758 bits per heavy atom. The molecule has 0 radical (unpaired) electrons. The molecule has 0 N–H and O–H groups in total. The normalized spacial score (nSPS) is 15.8. The van der Waals surface area contributed by atoms with E-state index in [0.29, 0.717) is 0 Å². The van der Waals surface area contributed by atoms with Crippen molar-refractivity contribution >= 4 is 56.4 Å². The lowest BCUT2D eigenvalue weighted by atomic mass is 10.1. The summed E-state index contributed by atoms with van der Waals surface area (Å²) >= 11 is 3.51. The average molecular weight is 529 g/mol. The van der Waals surface area contributed by atoms with Crippen LogP contribution in [0.2, 0.25) is 0 Å². The van der Waals surface area contributed by atoms with Gasteiger partial charge >= 0.3 is 0 Å². The first-order valence-corrected chi connectivity index (χ1v) is 12.6. The summed E-state index contributed by atoms with van der Waals surface area (Å²) in [6.45, 7) is 6.48. The molecule has 1 amide bonds. The molecule has 0 atom stereocenters. The molecule has 174 valence electrons. The number of hydrogen-bond acceptors (Lipinski definition) is 3. The number of carbonyl (C=O) groups excluding carboxylic acids is 1. The van der Waals surface area contributed by atoms with E-state index < -0.39 is 0 Å². The molecular formula is C27H31BrClN3O. The van der Waals surface area contributed by atoms with Crippen LogP contribution >= 0.6 is 28.3 Å². The smallest absolute Gasteiger partial charge is 0.258 e. The number of amides is 1. The Labute approximate surface area is 211 Å². The summed E-state index contributed by atoms with van der Waals surface area (Å²) in [6.07, 6.45) is 4.70. The van der Waals surface area contributed by atoms with Gasteiger partial charge in [-0.15, -0.1) is 12.4 Å². The van der Waals surface area contributed by atoms with Gasteiger partial charge in [-0.2, -0.15) is 0 Å². The molecule has 6 heteroatoms. The molecule has 4 nitrogen and oxygen atoms in total. The van der Waals surface area contributed by atoms with Crippen molar-refractivity contribution in [1.82, 2.24) is 4.90 Å². The average Bonchev–Trinajstić information content (AvgIpc) is 3.10. The highest BCUT2D eigenvalue weighted by atomic mass is 79.9. The largest absolute Gasteiger partial charge is 0.369 e. The number of carbonyl (C=O) groups is 1. The Kier molecular flexibility index (Phi) is 7.94. The molecule has 3 aromatic carbocycles. The van der Waals surface area contributed by atoms with Crippen molar-refractivity contribution in [2.24, 2.45) is 0 Å². The maximum atomic E-state index is 12.9. The fourth-order valence-electron chi connectivity index (χ4n) is 5.04. The molecular weight excluding hydrogens is 498 g/mol. The van der Waals surface area contributed by atoms with Crippen molar-refractivity contribution in [2.45, 2.75) is 25.7 Å². The molecule has 3 aromatic rings. The maximum absolute atomic E-state index is 12.9. The van der Waals surface area contributed by atoms with Crippen LogP contribution in [-0.2, 0) is 0 Å². The van der Waals surface area contributed by atoms with Gasteiger partial charge in [-0.1, -0.05) is 53.0 Å². The zero-order chi connectivity index (χ0) is 21.9. The molecule has 0 aliphatic carbocycles. The Morgan fingerprint density at radius 2 is 1.42 bits per heavy atom. The van der Waals surface area contributed by atoms with Gasteiger partial charge in [0.2, 0.25) is 0 Å². The molecule has 0 aromatic heterocycles. The summed E-state index contributed by atoms with van der Waals surface area (Å²) in [5.41, 5.74) is 3.27. The molecule has 0 unspecified atom stereocenters. The van der Waals surface area contributed by atoms with Gasteiger partial charge in [0, 0.05) is 53.8 Å². The van der Waals surface area contributed by atoms with Gasteiger partial charge in [-0.05, 0) is 61.2 Å². The first-order valence-electron chi connectivity index (χ1n) is 11.8. The molecule has 1 saturated heterocycles. The number of halogens is 2. The van der Waals surface area contributed by atoms with Crippen molar-refractivity contribution in [1.29, 1.82) is 0 Å². The minimum Gasteiger partial charge on any atom is -0.369 e. The van der Waals surface area contributed by atoms with E-state index in [0.717, 1.165) is 65.6 Å². The summed E-state index contributed by atoms with van der Waals surface area (Å²) < 4.78 is 1.13. The van der Waals surface area contributed by atoms with Crippen LogP contribution in [0.3, 0.4) is 0 Å². The Bertz CT molecular complexity index is 1090. The van der Waals surface area contributed by atoms with Gasteiger partial charge in [-0.25, -0.2) is 0 Å². The van der Waals surface area contributed by atoms with E-state index in [1.165, 1.54) is 31.5 Å². The van der Waals surface area contributed by atoms with Crippen LogP contribution in [0.5, 0.6) is 0 Å². The van der Waals surface area contributed by atoms with Gasteiger partial charge in [-0.3, -0.25) is 9.69 Å². The monoisotopic (exact) mass is 527 g/mol. The second kappa shape index (κ2) is 10.9. The molecule has 2 aliphatic heterocycles. The van der Waals surface area contributed by atoms with Gasteiger partial charge in [0.15, 0.2) is 0 Å². The van der Waals surface area contributed by atoms with Gasteiger partial charge < -0.3 is 9.80 Å². The number of rotatable bonds is 8. The van der Waals surface area contributed by atoms with Crippen LogP contribution in [0, 0.1) is 0 Å². The van der Waals surface area contributed by atoms with Crippen LogP contribution in [0.4, 0.5) is 11.4 Å². The minimum absolute atomic E-state index is 0. The second-order valence-corrected chi connectivity index (χ2v) is 9.77. The lowest BCUT2D eigenvalue weighted by Gasteiger charge is -2.36. The van der Waals surface area contributed by atoms with Crippen LogP contribution < -0.4 is 9.80 Å². The molecule has 0 spiro atoms. The number of hydrogen-bond donors (Lipinski definition) is 0. The molecule has 2 heterocycles. The first-order chi connectivity index (χ1) is 15.7. The van der Waals surface area contributed by atoms with Crippen molar-refractivity contribution < 1.29 is 4.79 Å². The highest BCUT2D eigenvalue weighted by molar-refractivity contribution is 9.10. The topological polar surface area (TPSA) is 26.8 Å². The Balaban J connectivity index is 0.00000259. The third-order valence-corrected chi connectivity index (χ3v) is 7.35. The van der Waals surface area contributed by atoms with E-state index in [2.05, 4.69) is 74.3 Å². The second-order valence-electron chi connectivity index (χ2n) is 8.86. The maximum Gasteiger partial charge on any atom is 0.258 e. The molecule has 0 bridgehead atoms. The quantitative estimate of drug-likeness (QED) is 0.318. The number of piperazine rings is 1. The highest BCUT2D eigenvalue weighted by Gasteiger charge is 2.28. The van der Waals surface area contributed by atoms with E-state index in [4.69, 9.17) is 0 Å². The fraction of sp³-hybridized carbons (Fsp3) is 0.370. The highest BCUT2D eigenvalue weighted by Crippen LogP contribution is 2.37. The summed E-state index contributed by atoms with van der Waals surface area (Å²) in [5, 5.41) is 2.29. The molecule has 33 heavy (non-hydrogen) atoms. The Morgan fingerprint density at radius 3 is 2.15 bits per heavy atom. The third-order valence-electron chi connectivity index (χ3n) is 6.82. The summed E-state index contributed by atoms with van der Waals surface area (Å²) in [5.74, 6) is 0.167. The zero-order valence-electron chi connectivity index (χ0n) is 18.9. The van der Waals surface area contributed by atoms with Crippen LogP contribution in [0.25, 0.3) is 10.8 Å². The molecule has 0 saturated carbocycles. The van der Waals surface area contributed by atoms with Crippen molar-refractivity contribution in [3.05, 3.63) is 70.7 Å². The summed E-state index contributed by atoms with van der Waals surface area (Å²) in [6, 6.07) is 20.9. The number of nitrogens with zero attached hydrogens (tertiary/aromatic N) is 3. The zero-order valence-corrected chi connectivity index (χ0v) is 21.3. The summed E-state index contributed by atoms with van der Waals surface area (Å²) in [7, 11) is 0. The predicted molar refractivity (Wildman–Crippen MR) is 144 cm³/mol. The number of unbranched alkanes of at least 4 members (excludes halogenated alkanes) is 3. The van der Waals surface area contributed by atoms with Crippen LogP contribution in [0.15, 0.2) is 65.1 Å². The van der Waals surface area contributed by atoms with Crippen LogP contribution in [0.1, 0.15) is 36.0 Å². The van der Waals surface area contributed by atoms with E-state index in [9.17, 15) is 4.79 Å². The van der Waals surface area contributed by atoms with Crippen molar-refractivity contribution in [3.8, 4) is 0 Å². The fourth-order valence-corrected chi connectivity index (χ4v) is 5.31. The van der Waals surface area contributed by atoms with Gasteiger partial charge in [0.05, 0.1) is 5.69 Å². The SMILES string of the molecule is Cl.O=C1c2cccc3cccc(c23)N1CCCCCCN1CCN(c2ccc(Br)cc2)CC1. The minimum atomic E-state index is 0. The van der Waals surface area contributed by atoms with E-state index in [1.54, 1.807) is 0 Å². The standard InChI is InChI=1S/C27H30BrN3O.ClH/c28-22-11-13-23(14-12-22)30-19-17-29(18-20-30)15-3-1-2-4-16-31-25-10-6-8-21-7-5-9-24(26(21)25)27(31)32;/h5-14H,1-4,15-20H2;1H. The van der Waals surface area contributed by atoms with Crippen molar-refractivity contribution in [3.63, 3.8) is 0 Å². The van der Waals surface area contributed by atoms with Gasteiger partial charge in [0.1, 0.15) is 0 Å². The molecule has 2 aliphatic rings. The lowest BCUT2D eigenvalue weighted by molar-refractivity contribution is 0.0992. The molecule has 1 fully saturated rings. The van der Waals surface area contributed by atoms with Crippen LogP contribution in [-0.4, -0.2) is 50.1 Å². The number of anilines is 2. The first kappa shape index (κ1) is 24.1.